The van der Waals surface area contributed by atoms with Gasteiger partial charge in [0.05, 0.1) is 36.2 Å². The van der Waals surface area contributed by atoms with E-state index < -0.39 is 0 Å². The summed E-state index contributed by atoms with van der Waals surface area (Å²) in [5.41, 5.74) is 1.23. The fourth-order valence-corrected chi connectivity index (χ4v) is 2.75. The second kappa shape index (κ2) is 8.01. The van der Waals surface area contributed by atoms with Crippen LogP contribution in [-0.2, 0) is 17.8 Å². The number of fused-ring (bicyclic) bond motifs is 1. The third-order valence-electron chi connectivity index (χ3n) is 4.13. The van der Waals surface area contributed by atoms with Gasteiger partial charge < -0.3 is 10.1 Å². The first-order valence-electron chi connectivity index (χ1n) is 8.96. The predicted octanol–water partition coefficient (Wildman–Crippen LogP) is 3.35. The van der Waals surface area contributed by atoms with E-state index in [0.29, 0.717) is 33.9 Å². The Morgan fingerprint density at radius 3 is 2.76 bits per heavy atom. The van der Waals surface area contributed by atoms with Gasteiger partial charge >= 0.3 is 0 Å². The lowest BCUT2D eigenvalue weighted by atomic mass is 10.2. The Labute approximate surface area is 165 Å². The second-order valence-corrected chi connectivity index (χ2v) is 6.22. The lowest BCUT2D eigenvalue weighted by molar-refractivity contribution is -0.115. The van der Waals surface area contributed by atoms with Gasteiger partial charge in [0.25, 0.3) is 0 Å². The molecule has 0 saturated heterocycles. The van der Waals surface area contributed by atoms with Crippen LogP contribution in [0.3, 0.4) is 0 Å². The van der Waals surface area contributed by atoms with Gasteiger partial charge in [-0.2, -0.15) is 5.10 Å². The molecule has 4 aromatic rings. The molecule has 29 heavy (non-hydrogen) atoms. The van der Waals surface area contributed by atoms with E-state index in [1.54, 1.807) is 35.4 Å². The van der Waals surface area contributed by atoms with E-state index in [-0.39, 0.29) is 18.1 Å². The Morgan fingerprint density at radius 2 is 2.00 bits per heavy atom. The highest BCUT2D eigenvalue weighted by Crippen LogP contribution is 2.28. The molecule has 0 atom stereocenters. The quantitative estimate of drug-likeness (QED) is 0.541. The molecule has 0 fully saturated rings. The molecule has 0 radical (unpaired) electrons. The SMILES string of the molecule is CCn1cc(NC(=O)Cc2ncc(Oc3ccnc4ccc(F)cc34)cn2)cn1. The van der Waals surface area contributed by atoms with Crippen LogP contribution in [0.15, 0.2) is 55.2 Å². The summed E-state index contributed by atoms with van der Waals surface area (Å²) in [6, 6.07) is 5.92. The van der Waals surface area contributed by atoms with Crippen molar-refractivity contribution in [3.63, 3.8) is 0 Å². The third kappa shape index (κ3) is 4.34. The average molecular weight is 392 g/mol. The number of hydrogen-bond acceptors (Lipinski definition) is 6. The Hall–Kier alpha value is -3.88. The molecule has 146 valence electrons. The van der Waals surface area contributed by atoms with Gasteiger partial charge in [0.2, 0.25) is 5.91 Å². The normalized spacial score (nSPS) is 10.8. The zero-order valence-electron chi connectivity index (χ0n) is 15.5. The summed E-state index contributed by atoms with van der Waals surface area (Å²) in [6.45, 7) is 2.68. The van der Waals surface area contributed by atoms with E-state index in [9.17, 15) is 9.18 Å². The fraction of sp³-hybridized carbons (Fsp3) is 0.150. The molecule has 0 bridgehead atoms. The number of anilines is 1. The van der Waals surface area contributed by atoms with E-state index in [1.165, 1.54) is 24.5 Å². The molecule has 1 N–H and O–H groups in total. The number of carbonyl (C=O) groups is 1. The van der Waals surface area contributed by atoms with Crippen molar-refractivity contribution in [3.8, 4) is 11.5 Å². The highest BCUT2D eigenvalue weighted by atomic mass is 19.1. The number of pyridine rings is 1. The highest BCUT2D eigenvalue weighted by Gasteiger charge is 2.10. The van der Waals surface area contributed by atoms with Gasteiger partial charge in [0, 0.05) is 24.3 Å². The monoisotopic (exact) mass is 392 g/mol. The Kier molecular flexibility index (Phi) is 5.10. The van der Waals surface area contributed by atoms with Crippen molar-refractivity contribution in [2.24, 2.45) is 0 Å². The number of ether oxygens (including phenoxy) is 1. The number of benzene rings is 1. The van der Waals surface area contributed by atoms with Crippen LogP contribution in [0, 0.1) is 5.82 Å². The molecule has 3 heterocycles. The summed E-state index contributed by atoms with van der Waals surface area (Å²) in [5.74, 6) is 0.539. The molecule has 0 spiro atoms. The molecule has 3 aromatic heterocycles. The summed E-state index contributed by atoms with van der Waals surface area (Å²) >= 11 is 0. The van der Waals surface area contributed by atoms with E-state index in [4.69, 9.17) is 4.74 Å². The molecule has 0 aliphatic heterocycles. The maximum atomic E-state index is 13.6. The van der Waals surface area contributed by atoms with Gasteiger partial charge in [-0.3, -0.25) is 14.5 Å². The molecule has 1 amide bonds. The summed E-state index contributed by atoms with van der Waals surface area (Å²) in [5, 5.41) is 7.39. The first-order valence-corrected chi connectivity index (χ1v) is 8.96. The Balaban J connectivity index is 1.43. The number of hydrogen-bond donors (Lipinski definition) is 1. The summed E-state index contributed by atoms with van der Waals surface area (Å²) in [4.78, 5) is 24.7. The summed E-state index contributed by atoms with van der Waals surface area (Å²) < 4.78 is 21.0. The van der Waals surface area contributed by atoms with E-state index in [1.807, 2.05) is 6.92 Å². The first kappa shape index (κ1) is 18.5. The maximum absolute atomic E-state index is 13.6. The number of aromatic nitrogens is 5. The van der Waals surface area contributed by atoms with Gasteiger partial charge in [0.15, 0.2) is 5.75 Å². The van der Waals surface area contributed by atoms with Crippen LogP contribution in [0.5, 0.6) is 11.5 Å². The van der Waals surface area contributed by atoms with Crippen molar-refractivity contribution in [1.82, 2.24) is 24.7 Å². The minimum absolute atomic E-state index is 0.0149. The second-order valence-electron chi connectivity index (χ2n) is 6.22. The van der Waals surface area contributed by atoms with Gasteiger partial charge in [-0.1, -0.05) is 0 Å². The van der Waals surface area contributed by atoms with Crippen molar-refractivity contribution < 1.29 is 13.9 Å². The Bertz CT molecular complexity index is 1160. The van der Waals surface area contributed by atoms with E-state index in [2.05, 4.69) is 25.4 Å². The summed E-state index contributed by atoms with van der Waals surface area (Å²) in [6.07, 6.45) is 7.86. The largest absolute Gasteiger partial charge is 0.453 e. The topological polar surface area (TPSA) is 94.8 Å². The zero-order valence-corrected chi connectivity index (χ0v) is 15.5. The van der Waals surface area contributed by atoms with Gasteiger partial charge in [-0.25, -0.2) is 14.4 Å². The van der Waals surface area contributed by atoms with Crippen LogP contribution < -0.4 is 10.1 Å². The number of aryl methyl sites for hydroxylation is 1. The van der Waals surface area contributed by atoms with Crippen molar-refractivity contribution in [3.05, 3.63) is 66.9 Å². The molecular weight excluding hydrogens is 375 g/mol. The van der Waals surface area contributed by atoms with Gasteiger partial charge in [-0.05, 0) is 31.2 Å². The highest BCUT2D eigenvalue weighted by molar-refractivity contribution is 5.91. The third-order valence-corrected chi connectivity index (χ3v) is 4.13. The molecular formula is C20H17FN6O2. The van der Waals surface area contributed by atoms with Gasteiger partial charge in [0.1, 0.15) is 17.4 Å². The van der Waals surface area contributed by atoms with Crippen molar-refractivity contribution in [2.75, 3.05) is 5.32 Å². The maximum Gasteiger partial charge on any atom is 0.232 e. The van der Waals surface area contributed by atoms with Crippen molar-refractivity contribution >= 4 is 22.5 Å². The van der Waals surface area contributed by atoms with Crippen LogP contribution in [-0.4, -0.2) is 30.6 Å². The smallest absolute Gasteiger partial charge is 0.232 e. The number of carbonyl (C=O) groups excluding carboxylic acids is 1. The van der Waals surface area contributed by atoms with Gasteiger partial charge in [-0.15, -0.1) is 0 Å². The fourth-order valence-electron chi connectivity index (χ4n) is 2.75. The standard InChI is InChI=1S/C20H17FN6O2/c1-2-27-12-14(9-25-27)26-20(28)8-19-23-10-15(11-24-19)29-18-5-6-22-17-4-3-13(21)7-16(17)18/h3-7,9-12H,2,8H2,1H3,(H,26,28). The number of amides is 1. The minimum Gasteiger partial charge on any atom is -0.453 e. The van der Waals surface area contributed by atoms with Crippen molar-refractivity contribution in [2.45, 2.75) is 19.9 Å². The lowest BCUT2D eigenvalue weighted by Crippen LogP contribution is -2.15. The summed E-state index contributed by atoms with van der Waals surface area (Å²) in [7, 11) is 0. The van der Waals surface area contributed by atoms with E-state index >= 15 is 0 Å². The molecule has 0 saturated carbocycles. The van der Waals surface area contributed by atoms with E-state index in [0.717, 1.165) is 6.54 Å². The predicted molar refractivity (Wildman–Crippen MR) is 104 cm³/mol. The molecule has 1 aromatic carbocycles. The minimum atomic E-state index is -0.377. The first-order chi connectivity index (χ1) is 14.1. The molecule has 0 unspecified atom stereocenters. The molecule has 4 rings (SSSR count). The van der Waals surface area contributed by atoms with Crippen LogP contribution in [0.25, 0.3) is 10.9 Å². The number of nitrogens with zero attached hydrogens (tertiary/aromatic N) is 5. The van der Waals surface area contributed by atoms with Crippen LogP contribution >= 0.6 is 0 Å². The van der Waals surface area contributed by atoms with Crippen LogP contribution in [0.4, 0.5) is 10.1 Å². The number of rotatable bonds is 6. The lowest BCUT2D eigenvalue weighted by Gasteiger charge is -2.08. The zero-order chi connectivity index (χ0) is 20.2. The molecule has 9 heteroatoms. The average Bonchev–Trinajstić information content (AvgIpc) is 3.17. The molecule has 8 nitrogen and oxygen atoms in total. The number of halogens is 1. The van der Waals surface area contributed by atoms with Crippen LogP contribution in [0.1, 0.15) is 12.7 Å². The molecule has 0 aliphatic rings. The Morgan fingerprint density at radius 1 is 1.17 bits per heavy atom. The molecule has 0 aliphatic carbocycles. The van der Waals surface area contributed by atoms with Crippen molar-refractivity contribution in [1.29, 1.82) is 0 Å². The number of nitrogens with one attached hydrogen (secondary N) is 1. The van der Waals surface area contributed by atoms with Crippen LogP contribution in [0.2, 0.25) is 0 Å².